The molecule has 4 aromatic rings. The summed E-state index contributed by atoms with van der Waals surface area (Å²) in [6.07, 6.45) is 20.5. The van der Waals surface area contributed by atoms with Crippen LogP contribution in [0.2, 0.25) is 0 Å². The number of hydrogen-bond donors (Lipinski definition) is 4. The minimum absolute atomic E-state index is 0.0204. The van der Waals surface area contributed by atoms with Gasteiger partial charge in [0.25, 0.3) is 0 Å². The Morgan fingerprint density at radius 3 is 0.688 bits per heavy atom. The van der Waals surface area contributed by atoms with Gasteiger partial charge in [0.05, 0.1) is 21.7 Å². The number of aromatic nitrogens is 4. The quantitative estimate of drug-likeness (QED) is 0.147. The van der Waals surface area contributed by atoms with Crippen LogP contribution >= 0.6 is 0 Å². The van der Waals surface area contributed by atoms with Gasteiger partial charge in [-0.3, -0.25) is 0 Å². The van der Waals surface area contributed by atoms with E-state index in [4.69, 9.17) is 0 Å². The Bertz CT molecular complexity index is 1430. The number of nitrogens with one attached hydrogen (secondary N) is 4. The predicted octanol–water partition coefficient (Wildman–Crippen LogP) is 11.3. The molecule has 5 heterocycles. The van der Waals surface area contributed by atoms with Gasteiger partial charge in [-0.1, -0.05) is 79.1 Å². The van der Waals surface area contributed by atoms with Crippen LogP contribution in [0, 0.1) is 23.7 Å². The first-order chi connectivity index (χ1) is 23.4. The summed E-state index contributed by atoms with van der Waals surface area (Å²) in [4.78, 5) is 17.2. The summed E-state index contributed by atoms with van der Waals surface area (Å²) in [5.74, 6) is 2.29. The molecule has 1 aliphatic heterocycles. The molecule has 4 fully saturated rings. The first-order valence-corrected chi connectivity index (χ1v) is 20.2. The van der Waals surface area contributed by atoms with Crippen molar-refractivity contribution in [3.05, 3.63) is 94.1 Å². The molecule has 4 aromatic heterocycles. The third-order valence-corrected chi connectivity index (χ3v) is 15.8. The molecule has 8 bridgehead atoms. The molecule has 4 atom stereocenters. The fourth-order valence-electron chi connectivity index (χ4n) is 12.8. The van der Waals surface area contributed by atoms with Crippen LogP contribution in [0.3, 0.4) is 0 Å². The Morgan fingerprint density at radius 1 is 0.333 bits per heavy atom. The Balaban J connectivity index is 1.34. The van der Waals surface area contributed by atoms with Crippen LogP contribution in [0.1, 0.15) is 176 Å². The molecular formula is C44H60N4. The van der Waals surface area contributed by atoms with Crippen LogP contribution in [0.25, 0.3) is 0 Å². The lowest BCUT2D eigenvalue weighted by Gasteiger charge is -2.45. The van der Waals surface area contributed by atoms with Crippen molar-refractivity contribution in [3.8, 4) is 0 Å². The van der Waals surface area contributed by atoms with E-state index in [-0.39, 0.29) is 21.7 Å². The summed E-state index contributed by atoms with van der Waals surface area (Å²) in [6.45, 7) is 10.2. The standard InChI is InChI=1S/C44H60N4/c1-29-13-5-9-25-41(29)33-17-19-35(45-33)42(26-10-6-14-30(42)2)37-21-23-39(47-37)44(28-12-8-16-32(44)4)40-24-22-38(48-40)43(27-11-7-15-31(43)3)36-20-18-34(41)46-36/h17-24,29-32,45-48H,5-16,25-28H2,1-4H3. The molecule has 9 rings (SSSR count). The van der Waals surface area contributed by atoms with E-state index in [0.717, 1.165) is 0 Å². The zero-order valence-electron chi connectivity index (χ0n) is 30.2. The maximum absolute atomic E-state index is 4.29. The topological polar surface area (TPSA) is 63.2 Å². The lowest BCUT2D eigenvalue weighted by molar-refractivity contribution is 0.214. The molecule has 4 N–H and O–H groups in total. The summed E-state index contributed by atoms with van der Waals surface area (Å²) in [5, 5.41) is 0. The van der Waals surface area contributed by atoms with Gasteiger partial charge in [0.1, 0.15) is 0 Å². The van der Waals surface area contributed by atoms with Crippen LogP contribution < -0.4 is 0 Å². The highest BCUT2D eigenvalue weighted by Crippen LogP contribution is 2.56. The van der Waals surface area contributed by atoms with Crippen molar-refractivity contribution in [2.75, 3.05) is 0 Å². The monoisotopic (exact) mass is 644 g/mol. The number of hydrogen-bond acceptors (Lipinski definition) is 0. The van der Waals surface area contributed by atoms with Crippen molar-refractivity contribution in [3.63, 3.8) is 0 Å². The Labute approximate surface area is 289 Å². The molecule has 256 valence electrons. The molecule has 48 heavy (non-hydrogen) atoms. The van der Waals surface area contributed by atoms with Gasteiger partial charge in [0.2, 0.25) is 0 Å². The van der Waals surface area contributed by atoms with E-state index in [2.05, 4.69) is 96.2 Å². The highest BCUT2D eigenvalue weighted by molar-refractivity contribution is 5.47. The minimum Gasteiger partial charge on any atom is -0.361 e. The van der Waals surface area contributed by atoms with Crippen LogP contribution in [-0.2, 0) is 21.7 Å². The van der Waals surface area contributed by atoms with Gasteiger partial charge in [-0.25, -0.2) is 0 Å². The average molecular weight is 645 g/mol. The first kappa shape index (κ1) is 31.1. The van der Waals surface area contributed by atoms with Crippen LogP contribution in [0.15, 0.2) is 48.5 Å². The molecule has 4 saturated carbocycles. The van der Waals surface area contributed by atoms with Gasteiger partial charge in [0, 0.05) is 45.6 Å². The van der Waals surface area contributed by atoms with E-state index in [1.54, 1.807) is 0 Å². The third-order valence-electron chi connectivity index (χ3n) is 15.8. The highest BCUT2D eigenvalue weighted by atomic mass is 14.9. The zero-order chi connectivity index (χ0) is 32.7. The minimum atomic E-state index is -0.0204. The molecule has 4 nitrogen and oxygen atoms in total. The highest BCUT2D eigenvalue weighted by Gasteiger charge is 2.51. The summed E-state index contributed by atoms with van der Waals surface area (Å²) < 4.78 is 0. The van der Waals surface area contributed by atoms with Crippen molar-refractivity contribution in [1.82, 2.24) is 19.9 Å². The van der Waals surface area contributed by atoms with Gasteiger partial charge in [-0.15, -0.1) is 0 Å². The maximum Gasteiger partial charge on any atom is 0.0529 e. The van der Waals surface area contributed by atoms with Crippen molar-refractivity contribution in [2.24, 2.45) is 23.7 Å². The van der Waals surface area contributed by atoms with E-state index in [1.165, 1.54) is 148 Å². The lowest BCUT2D eigenvalue weighted by Crippen LogP contribution is -2.42. The van der Waals surface area contributed by atoms with Gasteiger partial charge in [-0.2, -0.15) is 0 Å². The van der Waals surface area contributed by atoms with Gasteiger partial charge in [-0.05, 0) is 124 Å². The van der Waals surface area contributed by atoms with E-state index < -0.39 is 0 Å². The fraction of sp³-hybridized carbons (Fsp3) is 0.636. The maximum atomic E-state index is 4.29. The van der Waals surface area contributed by atoms with Gasteiger partial charge in [0.15, 0.2) is 0 Å². The zero-order valence-corrected chi connectivity index (χ0v) is 30.2. The second-order valence-corrected chi connectivity index (χ2v) is 17.6. The fourth-order valence-corrected chi connectivity index (χ4v) is 12.8. The van der Waals surface area contributed by atoms with Crippen molar-refractivity contribution >= 4 is 0 Å². The molecular weight excluding hydrogens is 585 g/mol. The number of fused-ring (bicyclic) bond motifs is 16. The van der Waals surface area contributed by atoms with Crippen LogP contribution in [0.5, 0.6) is 0 Å². The second-order valence-electron chi connectivity index (χ2n) is 17.6. The van der Waals surface area contributed by atoms with Crippen molar-refractivity contribution < 1.29 is 0 Å². The summed E-state index contributed by atoms with van der Waals surface area (Å²) in [6, 6.07) is 20.1. The predicted molar refractivity (Wildman–Crippen MR) is 197 cm³/mol. The second kappa shape index (κ2) is 11.3. The molecule has 0 saturated heterocycles. The lowest BCUT2D eigenvalue weighted by atomic mass is 9.62. The smallest absolute Gasteiger partial charge is 0.0529 e. The molecule has 0 radical (unpaired) electrons. The number of H-pyrrole nitrogens is 4. The molecule has 4 aliphatic carbocycles. The largest absolute Gasteiger partial charge is 0.361 e. The molecule has 4 unspecified atom stereocenters. The molecule has 4 spiro atoms. The van der Waals surface area contributed by atoms with Crippen LogP contribution in [-0.4, -0.2) is 19.9 Å². The first-order valence-electron chi connectivity index (χ1n) is 20.2. The molecule has 4 heteroatoms. The average Bonchev–Trinajstić information content (AvgIpc) is 3.94. The van der Waals surface area contributed by atoms with Gasteiger partial charge < -0.3 is 19.9 Å². The number of aromatic amines is 4. The Morgan fingerprint density at radius 2 is 0.521 bits per heavy atom. The van der Waals surface area contributed by atoms with Gasteiger partial charge >= 0.3 is 0 Å². The summed E-state index contributed by atoms with van der Waals surface area (Å²) in [5.41, 5.74) is 11.5. The molecule has 0 amide bonds. The van der Waals surface area contributed by atoms with E-state index in [0.29, 0.717) is 23.7 Å². The Kier molecular flexibility index (Phi) is 7.34. The van der Waals surface area contributed by atoms with Crippen molar-refractivity contribution in [2.45, 2.75) is 152 Å². The van der Waals surface area contributed by atoms with E-state index in [1.807, 2.05) is 0 Å². The Hall–Kier alpha value is -2.88. The summed E-state index contributed by atoms with van der Waals surface area (Å²) >= 11 is 0. The van der Waals surface area contributed by atoms with E-state index in [9.17, 15) is 0 Å². The van der Waals surface area contributed by atoms with Crippen molar-refractivity contribution in [1.29, 1.82) is 0 Å². The third kappa shape index (κ3) is 4.07. The summed E-state index contributed by atoms with van der Waals surface area (Å²) in [7, 11) is 0. The number of rotatable bonds is 0. The molecule has 0 aromatic carbocycles. The normalized spacial score (nSPS) is 38.2. The molecule has 5 aliphatic rings. The SMILES string of the molecule is CC1CCCCC12c1ccc([nH]1)C1(CCCCC1C)c1ccc([nH]1)C1(CCCCC1C)c1ccc([nH]1)C1(CCCCC1C)c1ccc2[nH]1. The van der Waals surface area contributed by atoms with Crippen LogP contribution in [0.4, 0.5) is 0 Å². The van der Waals surface area contributed by atoms with E-state index >= 15 is 0 Å².